The molecule has 0 amide bonds. The SMILES string of the molecule is O=C(O)c1cc2c(-c3ccccc3)c3ccccc3c(-c3ccccc3)c2cc1-c1c2cc(F)c(=O)c(F)c-2oc2c(F)c(O)c(F)cc12. The van der Waals surface area contributed by atoms with Gasteiger partial charge in [0, 0.05) is 16.5 Å². The Labute approximate surface area is 273 Å². The number of carboxylic acid groups (broad SMARTS) is 1. The smallest absolute Gasteiger partial charge is 0.336 e. The fourth-order valence-corrected chi connectivity index (χ4v) is 6.72. The van der Waals surface area contributed by atoms with Crippen LogP contribution in [0.4, 0.5) is 17.6 Å². The monoisotopic (exact) mass is 656 g/mol. The van der Waals surface area contributed by atoms with E-state index < -0.39 is 62.7 Å². The summed E-state index contributed by atoms with van der Waals surface area (Å²) in [5.74, 6) is -10.1. The largest absolute Gasteiger partial charge is 0.503 e. The van der Waals surface area contributed by atoms with Gasteiger partial charge in [-0.3, -0.25) is 4.79 Å². The average Bonchev–Trinajstić information content (AvgIpc) is 3.11. The van der Waals surface area contributed by atoms with Gasteiger partial charge in [0.2, 0.25) is 11.6 Å². The normalized spacial score (nSPS) is 11.6. The van der Waals surface area contributed by atoms with Gasteiger partial charge in [-0.15, -0.1) is 0 Å². The zero-order chi connectivity index (χ0) is 34.1. The van der Waals surface area contributed by atoms with Crippen LogP contribution in [0.1, 0.15) is 10.4 Å². The van der Waals surface area contributed by atoms with Crippen LogP contribution in [-0.4, -0.2) is 16.2 Å². The number of fused-ring (bicyclic) bond motifs is 4. The van der Waals surface area contributed by atoms with Gasteiger partial charge in [0.25, 0.3) is 5.43 Å². The number of hydrogen-bond donors (Lipinski definition) is 2. The molecule has 1 aliphatic heterocycles. The van der Waals surface area contributed by atoms with E-state index in [1.807, 2.05) is 84.9 Å². The van der Waals surface area contributed by atoms with Crippen LogP contribution >= 0.6 is 0 Å². The van der Waals surface area contributed by atoms with Crippen LogP contribution < -0.4 is 5.43 Å². The van der Waals surface area contributed by atoms with E-state index in [9.17, 15) is 28.6 Å². The molecule has 2 aliphatic rings. The van der Waals surface area contributed by atoms with Crippen molar-refractivity contribution in [2.75, 3.05) is 0 Å². The number of hydrogen-bond acceptors (Lipinski definition) is 4. The summed E-state index contributed by atoms with van der Waals surface area (Å²) in [5, 5.41) is 23.0. The Morgan fingerprint density at radius 1 is 0.571 bits per heavy atom. The van der Waals surface area contributed by atoms with Crippen LogP contribution in [0.15, 0.2) is 118 Å². The third-order valence-electron chi connectivity index (χ3n) is 8.81. The molecule has 49 heavy (non-hydrogen) atoms. The first-order valence-corrected chi connectivity index (χ1v) is 15.0. The van der Waals surface area contributed by atoms with Crippen LogP contribution in [0, 0.1) is 23.3 Å². The molecule has 6 aromatic carbocycles. The molecule has 0 saturated carbocycles. The van der Waals surface area contributed by atoms with Crippen molar-refractivity contribution in [2.24, 2.45) is 0 Å². The maximum Gasteiger partial charge on any atom is 0.336 e. The minimum absolute atomic E-state index is 0.167. The van der Waals surface area contributed by atoms with Crippen LogP contribution in [0.3, 0.4) is 0 Å². The van der Waals surface area contributed by atoms with Gasteiger partial charge in [-0.2, -0.15) is 8.78 Å². The highest BCUT2D eigenvalue weighted by atomic mass is 19.1. The van der Waals surface area contributed by atoms with E-state index in [2.05, 4.69) is 0 Å². The third kappa shape index (κ3) is 4.46. The number of carboxylic acids is 1. The summed E-state index contributed by atoms with van der Waals surface area (Å²) in [7, 11) is 0. The zero-order valence-electron chi connectivity index (χ0n) is 25.0. The van der Waals surface area contributed by atoms with Gasteiger partial charge in [0.15, 0.2) is 28.7 Å². The fourth-order valence-electron chi connectivity index (χ4n) is 6.72. The third-order valence-corrected chi connectivity index (χ3v) is 8.81. The maximum absolute atomic E-state index is 15.4. The van der Waals surface area contributed by atoms with Crippen molar-refractivity contribution in [3.8, 4) is 50.5 Å². The first-order valence-electron chi connectivity index (χ1n) is 15.0. The molecular weight excluding hydrogens is 636 g/mol. The van der Waals surface area contributed by atoms with Crippen molar-refractivity contribution in [3.05, 3.63) is 148 Å². The van der Waals surface area contributed by atoms with Gasteiger partial charge >= 0.3 is 5.97 Å². The molecule has 8 rings (SSSR count). The molecule has 9 heteroatoms. The summed E-state index contributed by atoms with van der Waals surface area (Å²) >= 11 is 0. The molecule has 0 aromatic heterocycles. The predicted octanol–water partition coefficient (Wildman–Crippen LogP) is 10.2. The summed E-state index contributed by atoms with van der Waals surface area (Å²) in [6, 6.07) is 30.5. The van der Waals surface area contributed by atoms with E-state index in [-0.39, 0.29) is 16.7 Å². The molecular formula is C40H20F4O5. The van der Waals surface area contributed by atoms with Crippen molar-refractivity contribution < 1.29 is 37.0 Å². The molecule has 0 atom stereocenters. The van der Waals surface area contributed by atoms with E-state index >= 15 is 8.78 Å². The van der Waals surface area contributed by atoms with Crippen LogP contribution in [0.2, 0.25) is 0 Å². The molecule has 0 fully saturated rings. The standard InChI is InChI=1S/C40H20F4O5/c41-29-17-27-33(28-18-30(42)37(46)35(44)39(28)49-38(27)34(43)36(29)45)25-15-23-24(16-26(25)40(47)48)32(20-11-5-2-6-12-20)22-14-8-7-13-21(22)31(23)19-9-3-1-4-10-19/h1-18,45H,(H,47,48). The van der Waals surface area contributed by atoms with Gasteiger partial charge < -0.3 is 14.6 Å². The minimum atomic E-state index is -1.71. The summed E-state index contributed by atoms with van der Waals surface area (Å²) in [6.45, 7) is 0. The van der Waals surface area contributed by atoms with Gasteiger partial charge in [-0.05, 0) is 73.6 Å². The molecule has 0 unspecified atom stereocenters. The zero-order valence-corrected chi connectivity index (χ0v) is 25.0. The highest BCUT2D eigenvalue weighted by molar-refractivity contribution is 6.24. The predicted molar refractivity (Wildman–Crippen MR) is 179 cm³/mol. The molecule has 1 aliphatic carbocycles. The van der Waals surface area contributed by atoms with Crippen molar-refractivity contribution in [1.29, 1.82) is 0 Å². The van der Waals surface area contributed by atoms with E-state index in [0.717, 1.165) is 21.9 Å². The Bertz CT molecular complexity index is 2700. The second kappa shape index (κ2) is 11.1. The lowest BCUT2D eigenvalue weighted by molar-refractivity contribution is 0.0698. The quantitative estimate of drug-likeness (QED) is 0.145. The minimum Gasteiger partial charge on any atom is -0.503 e. The average molecular weight is 657 g/mol. The molecule has 1 heterocycles. The number of phenols is 1. The summed E-state index contributed by atoms with van der Waals surface area (Å²) in [6.07, 6.45) is 0. The lowest BCUT2D eigenvalue weighted by atomic mass is 9.82. The Kier molecular flexibility index (Phi) is 6.75. The Morgan fingerprint density at radius 2 is 1.12 bits per heavy atom. The van der Waals surface area contributed by atoms with Crippen LogP contribution in [-0.2, 0) is 0 Å². The molecule has 0 bridgehead atoms. The van der Waals surface area contributed by atoms with Crippen LogP contribution in [0.25, 0.3) is 77.2 Å². The fraction of sp³-hybridized carbons (Fsp3) is 0. The number of halogens is 4. The Morgan fingerprint density at radius 3 is 1.69 bits per heavy atom. The van der Waals surface area contributed by atoms with E-state index in [1.54, 1.807) is 0 Å². The van der Waals surface area contributed by atoms with E-state index in [0.29, 0.717) is 34.0 Å². The maximum atomic E-state index is 15.4. The second-order valence-corrected chi connectivity index (χ2v) is 11.5. The van der Waals surface area contributed by atoms with E-state index in [1.165, 1.54) is 12.1 Å². The van der Waals surface area contributed by atoms with Crippen molar-refractivity contribution in [1.82, 2.24) is 0 Å². The summed E-state index contributed by atoms with van der Waals surface area (Å²) in [4.78, 5) is 25.5. The number of aromatic carboxylic acids is 1. The number of carbonyl (C=O) groups is 1. The lowest BCUT2D eigenvalue weighted by Gasteiger charge is -2.22. The molecule has 2 N–H and O–H groups in total. The first kappa shape index (κ1) is 29.9. The second-order valence-electron chi connectivity index (χ2n) is 11.5. The van der Waals surface area contributed by atoms with Crippen molar-refractivity contribution >= 4 is 38.5 Å². The summed E-state index contributed by atoms with van der Waals surface area (Å²) < 4.78 is 66.1. The topological polar surface area (TPSA) is 87.7 Å². The number of rotatable bonds is 4. The number of benzene rings is 7. The molecule has 6 aromatic rings. The Balaban J connectivity index is 1.65. The molecule has 238 valence electrons. The summed E-state index contributed by atoms with van der Waals surface area (Å²) in [5.41, 5.74) is -0.865. The molecule has 0 radical (unpaired) electrons. The first-order chi connectivity index (χ1) is 23.7. The molecule has 0 saturated heterocycles. The van der Waals surface area contributed by atoms with Crippen LogP contribution in [0.5, 0.6) is 5.75 Å². The van der Waals surface area contributed by atoms with Gasteiger partial charge in [0.1, 0.15) is 0 Å². The van der Waals surface area contributed by atoms with Gasteiger partial charge in [-0.25, -0.2) is 13.6 Å². The molecule has 0 spiro atoms. The highest BCUT2D eigenvalue weighted by Crippen LogP contribution is 2.49. The van der Waals surface area contributed by atoms with Crippen molar-refractivity contribution in [2.45, 2.75) is 0 Å². The van der Waals surface area contributed by atoms with Gasteiger partial charge in [-0.1, -0.05) is 84.9 Å². The number of phenolic OH excluding ortho intramolecular Hbond substituents is 1. The number of aromatic hydroxyl groups is 1. The van der Waals surface area contributed by atoms with E-state index in [4.69, 9.17) is 4.42 Å². The highest BCUT2D eigenvalue weighted by Gasteiger charge is 2.31. The van der Waals surface area contributed by atoms with Gasteiger partial charge in [0.05, 0.1) is 5.56 Å². The lowest BCUT2D eigenvalue weighted by Crippen LogP contribution is -2.14. The van der Waals surface area contributed by atoms with Crippen molar-refractivity contribution in [3.63, 3.8) is 0 Å². The Hall–Kier alpha value is -6.48. The molecule has 5 nitrogen and oxygen atoms in total.